The summed E-state index contributed by atoms with van der Waals surface area (Å²) in [4.78, 5) is 41.8. The number of para-hydroxylation sites is 1. The molecule has 0 bridgehead atoms. The molecule has 7 nitrogen and oxygen atoms in total. The van der Waals surface area contributed by atoms with Crippen LogP contribution in [0.3, 0.4) is 0 Å². The van der Waals surface area contributed by atoms with Gasteiger partial charge in [-0.15, -0.1) is 0 Å². The van der Waals surface area contributed by atoms with Crippen molar-refractivity contribution < 1.29 is 19.5 Å². The summed E-state index contributed by atoms with van der Waals surface area (Å²) in [5.41, 5.74) is 0.572. The molecule has 0 spiro atoms. The number of anilines is 1. The summed E-state index contributed by atoms with van der Waals surface area (Å²) in [6.45, 7) is 2.20. The number of carbonyl (C=O) groups excluding carboxylic acids is 2. The number of nitrogens with zero attached hydrogens (tertiary/aromatic N) is 3. The zero-order chi connectivity index (χ0) is 18.5. The molecule has 3 amide bonds. The molecular formula is C19H25N3O4. The van der Waals surface area contributed by atoms with Crippen LogP contribution in [0.1, 0.15) is 25.7 Å². The lowest BCUT2D eigenvalue weighted by Gasteiger charge is -2.36. The van der Waals surface area contributed by atoms with Gasteiger partial charge in [-0.2, -0.15) is 0 Å². The van der Waals surface area contributed by atoms with E-state index in [4.69, 9.17) is 0 Å². The molecule has 1 aromatic rings. The number of carbonyl (C=O) groups is 3. The molecule has 26 heavy (non-hydrogen) atoms. The van der Waals surface area contributed by atoms with Crippen LogP contribution in [0.25, 0.3) is 0 Å². The van der Waals surface area contributed by atoms with E-state index >= 15 is 0 Å². The highest BCUT2D eigenvalue weighted by molar-refractivity contribution is 5.99. The van der Waals surface area contributed by atoms with Crippen molar-refractivity contribution in [3.63, 3.8) is 0 Å². The number of hydrogen-bond donors (Lipinski definition) is 1. The fourth-order valence-electron chi connectivity index (χ4n) is 3.72. The number of hydrogen-bond acceptors (Lipinski definition) is 3. The van der Waals surface area contributed by atoms with Gasteiger partial charge in [0.05, 0.1) is 5.92 Å². The number of aliphatic carboxylic acids is 1. The average molecular weight is 359 g/mol. The van der Waals surface area contributed by atoms with E-state index in [1.807, 2.05) is 11.0 Å². The first kappa shape index (κ1) is 18.2. The van der Waals surface area contributed by atoms with Crippen LogP contribution in [-0.4, -0.2) is 65.5 Å². The monoisotopic (exact) mass is 359 g/mol. The van der Waals surface area contributed by atoms with Crippen LogP contribution in [0, 0.1) is 5.92 Å². The SMILES string of the molecule is O=C(O)CN(C(=O)C1CCCN(C(=O)N2CCCC2)C1)c1ccccc1. The number of amides is 3. The molecule has 1 N–H and O–H groups in total. The van der Waals surface area contributed by atoms with E-state index in [-0.39, 0.29) is 24.4 Å². The predicted octanol–water partition coefficient (Wildman–Crippen LogP) is 2.03. The summed E-state index contributed by atoms with van der Waals surface area (Å²) in [6.07, 6.45) is 3.49. The second-order valence-corrected chi connectivity index (χ2v) is 6.92. The van der Waals surface area contributed by atoms with Crippen molar-refractivity contribution in [2.45, 2.75) is 25.7 Å². The number of rotatable bonds is 4. The molecule has 3 rings (SSSR count). The molecule has 140 valence electrons. The zero-order valence-electron chi connectivity index (χ0n) is 14.8. The van der Waals surface area contributed by atoms with E-state index in [0.29, 0.717) is 25.2 Å². The Morgan fingerprint density at radius 1 is 1.00 bits per heavy atom. The van der Waals surface area contributed by atoms with Gasteiger partial charge in [0, 0.05) is 31.9 Å². The van der Waals surface area contributed by atoms with Crippen molar-refractivity contribution in [3.05, 3.63) is 30.3 Å². The predicted molar refractivity (Wildman–Crippen MR) is 96.9 cm³/mol. The standard InChI is InChI=1S/C19H25N3O4/c23-17(24)14-22(16-8-2-1-3-9-16)18(25)15-7-6-12-21(13-15)19(26)20-10-4-5-11-20/h1-3,8-9,15H,4-7,10-14H2,(H,23,24). The molecule has 7 heteroatoms. The van der Waals surface area contributed by atoms with Gasteiger partial charge in [0.25, 0.3) is 0 Å². The molecular weight excluding hydrogens is 334 g/mol. The lowest BCUT2D eigenvalue weighted by molar-refractivity contribution is -0.137. The van der Waals surface area contributed by atoms with Crippen molar-refractivity contribution in [2.75, 3.05) is 37.6 Å². The number of benzene rings is 1. The third-order valence-electron chi connectivity index (χ3n) is 5.05. The van der Waals surface area contributed by atoms with Gasteiger partial charge < -0.3 is 19.8 Å². The minimum Gasteiger partial charge on any atom is -0.480 e. The molecule has 1 unspecified atom stereocenters. The summed E-state index contributed by atoms with van der Waals surface area (Å²) in [6, 6.07) is 8.85. The first-order valence-electron chi connectivity index (χ1n) is 9.18. The van der Waals surface area contributed by atoms with Gasteiger partial charge >= 0.3 is 12.0 Å². The van der Waals surface area contributed by atoms with E-state index in [0.717, 1.165) is 32.4 Å². The summed E-state index contributed by atoms with van der Waals surface area (Å²) < 4.78 is 0. The molecule has 2 saturated heterocycles. The highest BCUT2D eigenvalue weighted by atomic mass is 16.4. The Labute approximate surface area is 153 Å². The first-order valence-corrected chi connectivity index (χ1v) is 9.18. The molecule has 1 aromatic carbocycles. The van der Waals surface area contributed by atoms with E-state index < -0.39 is 5.97 Å². The highest BCUT2D eigenvalue weighted by Gasteiger charge is 2.34. The van der Waals surface area contributed by atoms with Crippen molar-refractivity contribution in [1.82, 2.24) is 9.80 Å². The van der Waals surface area contributed by atoms with Crippen molar-refractivity contribution >= 4 is 23.6 Å². The Morgan fingerprint density at radius 3 is 2.31 bits per heavy atom. The Hall–Kier alpha value is -2.57. The summed E-state index contributed by atoms with van der Waals surface area (Å²) in [5, 5.41) is 9.21. The topological polar surface area (TPSA) is 81.2 Å². The zero-order valence-corrected chi connectivity index (χ0v) is 14.8. The van der Waals surface area contributed by atoms with Crippen molar-refractivity contribution in [1.29, 1.82) is 0 Å². The molecule has 0 aliphatic carbocycles. The second-order valence-electron chi connectivity index (χ2n) is 6.92. The van der Waals surface area contributed by atoms with Gasteiger partial charge in [-0.05, 0) is 37.8 Å². The van der Waals surface area contributed by atoms with Crippen LogP contribution in [0.5, 0.6) is 0 Å². The maximum Gasteiger partial charge on any atom is 0.323 e. The molecule has 0 saturated carbocycles. The summed E-state index contributed by atoms with van der Waals surface area (Å²) >= 11 is 0. The molecule has 2 aliphatic heterocycles. The van der Waals surface area contributed by atoms with Crippen molar-refractivity contribution in [2.24, 2.45) is 5.92 Å². The maximum absolute atomic E-state index is 13.0. The summed E-state index contributed by atoms with van der Waals surface area (Å²) in [5.74, 6) is -1.64. The minimum atomic E-state index is -1.05. The smallest absolute Gasteiger partial charge is 0.323 e. The van der Waals surface area contributed by atoms with Gasteiger partial charge in [-0.25, -0.2) is 4.79 Å². The fourth-order valence-corrected chi connectivity index (χ4v) is 3.72. The Balaban J connectivity index is 1.71. The molecule has 0 aromatic heterocycles. The molecule has 1 atom stereocenters. The minimum absolute atomic E-state index is 0.00416. The van der Waals surface area contributed by atoms with Crippen LogP contribution >= 0.6 is 0 Å². The van der Waals surface area contributed by atoms with Gasteiger partial charge in [-0.1, -0.05) is 18.2 Å². The van der Waals surface area contributed by atoms with E-state index in [9.17, 15) is 19.5 Å². The number of likely N-dealkylation sites (tertiary alicyclic amines) is 2. The normalized spacial score (nSPS) is 20.1. The molecule has 0 radical (unpaired) electrons. The molecule has 2 aliphatic rings. The van der Waals surface area contributed by atoms with Gasteiger partial charge in [-0.3, -0.25) is 9.59 Å². The van der Waals surface area contributed by atoms with E-state index in [2.05, 4.69) is 0 Å². The van der Waals surface area contributed by atoms with Crippen LogP contribution in [0.4, 0.5) is 10.5 Å². The first-order chi connectivity index (χ1) is 12.6. The Kier molecular flexibility index (Phi) is 5.75. The largest absolute Gasteiger partial charge is 0.480 e. The lowest BCUT2D eigenvalue weighted by atomic mass is 9.96. The quantitative estimate of drug-likeness (QED) is 0.892. The third kappa shape index (κ3) is 4.15. The number of piperidine rings is 1. The maximum atomic E-state index is 13.0. The number of carboxylic acid groups (broad SMARTS) is 1. The van der Waals surface area contributed by atoms with Crippen LogP contribution < -0.4 is 4.90 Å². The van der Waals surface area contributed by atoms with Gasteiger partial charge in [0.15, 0.2) is 0 Å². The molecule has 2 heterocycles. The van der Waals surface area contributed by atoms with E-state index in [1.54, 1.807) is 29.2 Å². The lowest BCUT2D eigenvalue weighted by Crippen LogP contribution is -2.51. The van der Waals surface area contributed by atoms with Gasteiger partial charge in [0.1, 0.15) is 6.54 Å². The summed E-state index contributed by atoms with van der Waals surface area (Å²) in [7, 11) is 0. The number of urea groups is 1. The third-order valence-corrected chi connectivity index (χ3v) is 5.05. The second kappa shape index (κ2) is 8.21. The Morgan fingerprint density at radius 2 is 1.65 bits per heavy atom. The van der Waals surface area contributed by atoms with Crippen LogP contribution in [0.15, 0.2) is 30.3 Å². The number of carboxylic acids is 1. The average Bonchev–Trinajstić information content (AvgIpc) is 3.20. The van der Waals surface area contributed by atoms with Crippen LogP contribution in [-0.2, 0) is 9.59 Å². The Bertz CT molecular complexity index is 658. The molecule has 2 fully saturated rings. The van der Waals surface area contributed by atoms with Gasteiger partial charge in [0.2, 0.25) is 5.91 Å². The van der Waals surface area contributed by atoms with Crippen molar-refractivity contribution in [3.8, 4) is 0 Å². The van der Waals surface area contributed by atoms with Crippen LogP contribution in [0.2, 0.25) is 0 Å². The highest BCUT2D eigenvalue weighted by Crippen LogP contribution is 2.24. The van der Waals surface area contributed by atoms with E-state index in [1.165, 1.54) is 4.90 Å². The fraction of sp³-hybridized carbons (Fsp3) is 0.526.